The van der Waals surface area contributed by atoms with E-state index in [1.807, 2.05) is 0 Å². The summed E-state index contributed by atoms with van der Waals surface area (Å²) < 4.78 is 0. The molecule has 0 amide bonds. The van der Waals surface area contributed by atoms with E-state index in [4.69, 9.17) is 0 Å². The van der Waals surface area contributed by atoms with Crippen LogP contribution in [0.25, 0.3) is 0 Å². The standard InChI is InChI=1S/C12H24N2Si/c1-9-8-12(11(3)10(9)2)15(6,7)13-14(4)5/h13H,8H2,1-7H3. The quantitative estimate of drug-likeness (QED) is 0.586. The van der Waals surface area contributed by atoms with E-state index in [1.54, 1.807) is 10.8 Å². The lowest BCUT2D eigenvalue weighted by Gasteiger charge is -2.30. The molecule has 0 aromatic carbocycles. The van der Waals surface area contributed by atoms with Gasteiger partial charge in [0.2, 0.25) is 0 Å². The van der Waals surface area contributed by atoms with Crippen molar-refractivity contribution < 1.29 is 0 Å². The van der Waals surface area contributed by atoms with Crippen molar-refractivity contribution >= 4 is 8.24 Å². The van der Waals surface area contributed by atoms with Crippen molar-refractivity contribution in [2.75, 3.05) is 14.1 Å². The van der Waals surface area contributed by atoms with Gasteiger partial charge in [-0.15, -0.1) is 0 Å². The van der Waals surface area contributed by atoms with E-state index >= 15 is 0 Å². The molecule has 0 spiro atoms. The minimum atomic E-state index is -1.47. The fraction of sp³-hybridized carbons (Fsp3) is 0.667. The van der Waals surface area contributed by atoms with Crippen LogP contribution in [0.5, 0.6) is 0 Å². The van der Waals surface area contributed by atoms with Crippen molar-refractivity contribution in [2.24, 2.45) is 0 Å². The maximum Gasteiger partial charge on any atom is 0.163 e. The van der Waals surface area contributed by atoms with E-state index in [2.05, 4.69) is 58.1 Å². The molecule has 1 aliphatic rings. The van der Waals surface area contributed by atoms with E-state index < -0.39 is 8.24 Å². The molecule has 15 heavy (non-hydrogen) atoms. The van der Waals surface area contributed by atoms with Crippen LogP contribution < -0.4 is 5.09 Å². The zero-order valence-corrected chi connectivity index (χ0v) is 12.2. The number of hydrogen-bond acceptors (Lipinski definition) is 2. The van der Waals surface area contributed by atoms with E-state index in [1.165, 1.54) is 17.6 Å². The third-order valence-electron chi connectivity index (χ3n) is 3.35. The summed E-state index contributed by atoms with van der Waals surface area (Å²) in [5.74, 6) is 0. The molecule has 86 valence electrons. The fourth-order valence-electron chi connectivity index (χ4n) is 2.39. The van der Waals surface area contributed by atoms with Crippen LogP contribution in [-0.2, 0) is 0 Å². The van der Waals surface area contributed by atoms with E-state index in [-0.39, 0.29) is 0 Å². The monoisotopic (exact) mass is 224 g/mol. The first-order chi connectivity index (χ1) is 6.75. The number of allylic oxidation sites excluding steroid dienone is 4. The second-order valence-electron chi connectivity index (χ2n) is 5.32. The first-order valence-electron chi connectivity index (χ1n) is 5.58. The Kier molecular flexibility index (Phi) is 3.58. The molecule has 3 heteroatoms. The zero-order chi connectivity index (χ0) is 11.8. The van der Waals surface area contributed by atoms with Gasteiger partial charge in [-0.3, -0.25) is 10.1 Å². The molecule has 0 bridgehead atoms. The second kappa shape index (κ2) is 4.24. The Balaban J connectivity index is 2.93. The first-order valence-corrected chi connectivity index (χ1v) is 8.58. The van der Waals surface area contributed by atoms with Gasteiger partial charge in [0.1, 0.15) is 0 Å². The van der Waals surface area contributed by atoms with Crippen LogP contribution in [0.1, 0.15) is 27.2 Å². The average Bonchev–Trinajstić information content (AvgIpc) is 2.31. The van der Waals surface area contributed by atoms with Crippen LogP contribution >= 0.6 is 0 Å². The van der Waals surface area contributed by atoms with Gasteiger partial charge in [0.05, 0.1) is 0 Å². The predicted molar refractivity (Wildman–Crippen MR) is 70.0 cm³/mol. The highest BCUT2D eigenvalue weighted by atomic mass is 28.3. The molecule has 1 N–H and O–H groups in total. The Morgan fingerprint density at radius 1 is 1.07 bits per heavy atom. The van der Waals surface area contributed by atoms with Crippen LogP contribution in [0.15, 0.2) is 21.9 Å². The summed E-state index contributed by atoms with van der Waals surface area (Å²) in [5, 5.41) is 7.37. The lowest BCUT2D eigenvalue weighted by Crippen LogP contribution is -2.53. The maximum absolute atomic E-state index is 3.62. The van der Waals surface area contributed by atoms with Gasteiger partial charge in [-0.25, -0.2) is 0 Å². The van der Waals surface area contributed by atoms with Gasteiger partial charge in [0.25, 0.3) is 0 Å². The van der Waals surface area contributed by atoms with E-state index in [0.29, 0.717) is 0 Å². The number of nitrogens with zero attached hydrogens (tertiary/aromatic N) is 1. The fourth-order valence-corrected chi connectivity index (χ4v) is 5.48. The summed E-state index contributed by atoms with van der Waals surface area (Å²) in [6.45, 7) is 11.5. The summed E-state index contributed by atoms with van der Waals surface area (Å²) in [6, 6.07) is 0. The molecule has 0 heterocycles. The third-order valence-corrected chi connectivity index (χ3v) is 6.42. The summed E-state index contributed by atoms with van der Waals surface area (Å²) in [6.07, 6.45) is 1.18. The van der Waals surface area contributed by atoms with Crippen molar-refractivity contribution in [3.05, 3.63) is 21.9 Å². The van der Waals surface area contributed by atoms with Gasteiger partial charge in [-0.2, -0.15) is 0 Å². The van der Waals surface area contributed by atoms with E-state index in [9.17, 15) is 0 Å². The van der Waals surface area contributed by atoms with Gasteiger partial charge >= 0.3 is 0 Å². The number of hydrogen-bond donors (Lipinski definition) is 1. The van der Waals surface area contributed by atoms with Crippen LogP contribution in [0.4, 0.5) is 0 Å². The molecule has 0 unspecified atom stereocenters. The topological polar surface area (TPSA) is 15.3 Å². The smallest absolute Gasteiger partial charge is 0.163 e. The summed E-state index contributed by atoms with van der Waals surface area (Å²) in [7, 11) is 2.69. The Hall–Kier alpha value is -0.383. The summed E-state index contributed by atoms with van der Waals surface area (Å²) in [4.78, 5) is 0. The minimum Gasteiger partial charge on any atom is -0.272 e. The molecule has 0 aromatic rings. The Morgan fingerprint density at radius 2 is 1.60 bits per heavy atom. The van der Waals surface area contributed by atoms with E-state index in [0.717, 1.165) is 0 Å². The third kappa shape index (κ3) is 2.59. The molecule has 0 radical (unpaired) electrons. The van der Waals surface area contributed by atoms with Crippen LogP contribution in [0.2, 0.25) is 13.1 Å². The molecule has 0 atom stereocenters. The van der Waals surface area contributed by atoms with Crippen LogP contribution in [-0.4, -0.2) is 27.3 Å². The zero-order valence-electron chi connectivity index (χ0n) is 11.2. The number of rotatable bonds is 3. The molecular formula is C12H24N2Si. The van der Waals surface area contributed by atoms with Gasteiger partial charge in [0.15, 0.2) is 8.24 Å². The summed E-state index contributed by atoms with van der Waals surface area (Å²) in [5.41, 5.74) is 4.58. The van der Waals surface area contributed by atoms with Gasteiger partial charge in [0, 0.05) is 14.1 Å². The number of hydrazine groups is 1. The molecule has 0 saturated carbocycles. The molecule has 1 aliphatic carbocycles. The van der Waals surface area contributed by atoms with Gasteiger partial charge < -0.3 is 0 Å². The van der Waals surface area contributed by atoms with Crippen molar-refractivity contribution in [1.29, 1.82) is 0 Å². The molecule has 0 aromatic heterocycles. The lowest BCUT2D eigenvalue weighted by atomic mass is 10.1. The maximum atomic E-state index is 3.62. The molecule has 0 aliphatic heterocycles. The van der Waals surface area contributed by atoms with Crippen LogP contribution in [0.3, 0.4) is 0 Å². The van der Waals surface area contributed by atoms with Gasteiger partial charge in [-0.1, -0.05) is 29.4 Å². The highest BCUT2D eigenvalue weighted by molar-refractivity contribution is 6.82. The Morgan fingerprint density at radius 3 is 1.93 bits per heavy atom. The van der Waals surface area contributed by atoms with Crippen molar-refractivity contribution in [3.8, 4) is 0 Å². The molecule has 0 fully saturated rings. The lowest BCUT2D eigenvalue weighted by molar-refractivity contribution is 0.364. The van der Waals surface area contributed by atoms with Gasteiger partial charge in [-0.05, 0) is 32.8 Å². The normalized spacial score (nSPS) is 18.4. The first kappa shape index (κ1) is 12.7. The minimum absolute atomic E-state index is 1.18. The van der Waals surface area contributed by atoms with Crippen molar-refractivity contribution in [1.82, 2.24) is 10.1 Å². The molecule has 1 rings (SSSR count). The predicted octanol–water partition coefficient (Wildman–Crippen LogP) is 2.85. The average molecular weight is 224 g/mol. The highest BCUT2D eigenvalue weighted by Crippen LogP contribution is 2.35. The van der Waals surface area contributed by atoms with Crippen molar-refractivity contribution in [2.45, 2.75) is 40.3 Å². The molecule has 0 saturated heterocycles. The largest absolute Gasteiger partial charge is 0.272 e. The Bertz CT molecular complexity index is 325. The Labute approximate surface area is 95.1 Å². The summed E-state index contributed by atoms with van der Waals surface area (Å²) >= 11 is 0. The van der Waals surface area contributed by atoms with Crippen molar-refractivity contribution in [3.63, 3.8) is 0 Å². The number of nitrogens with one attached hydrogen (secondary N) is 1. The second-order valence-corrected chi connectivity index (χ2v) is 9.39. The highest BCUT2D eigenvalue weighted by Gasteiger charge is 2.32. The molecule has 2 nitrogen and oxygen atoms in total. The molecular weight excluding hydrogens is 200 g/mol. The van der Waals surface area contributed by atoms with Crippen LogP contribution in [0, 0.1) is 0 Å². The SMILES string of the molecule is CC1=C(C)C(C)=C([Si](C)(C)NN(C)C)C1.